The van der Waals surface area contributed by atoms with Crippen LogP contribution in [0.4, 0.5) is 0 Å². The van der Waals surface area contributed by atoms with E-state index in [0.29, 0.717) is 12.1 Å². The number of hydrogen-bond donors (Lipinski definition) is 0. The van der Waals surface area contributed by atoms with Gasteiger partial charge in [-0.3, -0.25) is 0 Å². The van der Waals surface area contributed by atoms with E-state index in [0.717, 1.165) is 88.1 Å². The van der Waals surface area contributed by atoms with Gasteiger partial charge in [-0.1, -0.05) is 90.9 Å². The lowest BCUT2D eigenvalue weighted by Gasteiger charge is -2.10. The summed E-state index contributed by atoms with van der Waals surface area (Å²) in [4.78, 5) is 0. The van der Waals surface area contributed by atoms with Crippen LogP contribution in [0, 0.1) is 0 Å². The van der Waals surface area contributed by atoms with Crippen LogP contribution in [0.3, 0.4) is 0 Å². The van der Waals surface area contributed by atoms with Crippen LogP contribution in [-0.4, -0.2) is 9.13 Å². The molecule has 0 aliphatic rings. The molecule has 7 aromatic carbocycles. The van der Waals surface area contributed by atoms with E-state index in [4.69, 9.17) is 7.16 Å². The van der Waals surface area contributed by atoms with Gasteiger partial charge in [0.15, 0.2) is 0 Å². The second-order valence-corrected chi connectivity index (χ2v) is 11.6. The summed E-state index contributed by atoms with van der Waals surface area (Å²) in [5.74, 6) is 0. The first kappa shape index (κ1) is 22.5. The predicted molar refractivity (Wildman–Crippen MR) is 188 cm³/mol. The van der Waals surface area contributed by atoms with Gasteiger partial charge in [0.25, 0.3) is 0 Å². The minimum absolute atomic E-state index is 0.482. The maximum Gasteiger partial charge on any atom is 0.137 e. The van der Waals surface area contributed by atoms with E-state index in [9.17, 15) is 0 Å². The normalized spacial score (nSPS) is 12.6. The van der Waals surface area contributed by atoms with Crippen molar-refractivity contribution in [2.75, 3.05) is 0 Å². The lowest BCUT2D eigenvalue weighted by Crippen LogP contribution is -1.94. The smallest absolute Gasteiger partial charge is 0.137 e. The molecule has 3 heteroatoms. The summed E-state index contributed by atoms with van der Waals surface area (Å²) in [6.45, 7) is 0. The molecule has 0 radical (unpaired) electrons. The Bertz CT molecular complexity index is 2880. The van der Waals surface area contributed by atoms with Crippen LogP contribution >= 0.6 is 0 Å². The zero-order valence-electron chi connectivity index (χ0n) is 26.2. The number of rotatable bonds is 3. The molecule has 0 aliphatic heterocycles. The summed E-state index contributed by atoms with van der Waals surface area (Å²) in [5.41, 5.74) is 10.4. The van der Waals surface area contributed by atoms with Gasteiger partial charge in [-0.05, 0) is 77.9 Å². The molecule has 0 spiro atoms. The van der Waals surface area contributed by atoms with Crippen molar-refractivity contribution in [2.45, 2.75) is 0 Å². The first-order valence-electron chi connectivity index (χ1n) is 16.2. The fraction of sp³-hybridized carbons (Fsp3) is 0. The van der Waals surface area contributed by atoms with Crippen LogP contribution in [0.5, 0.6) is 0 Å². The molecule has 0 amide bonds. The highest BCUT2D eigenvalue weighted by molar-refractivity contribution is 6.15. The van der Waals surface area contributed by atoms with Gasteiger partial charge in [-0.15, -0.1) is 0 Å². The number of benzene rings is 7. The molecule has 3 heterocycles. The summed E-state index contributed by atoms with van der Waals surface area (Å²) in [7, 11) is 0. The molecular formula is C42H26N2O. The number of hydrogen-bond acceptors (Lipinski definition) is 1. The maximum atomic E-state index is 8.51. The topological polar surface area (TPSA) is 23.0 Å². The first-order chi connectivity index (χ1) is 23.1. The Morgan fingerprint density at radius 1 is 0.422 bits per heavy atom. The standard InChI is InChI=1S/C42H26N2O/c1-2-11-29(12-3-1)43-35-16-7-4-13-30(35)33-25-27(21-23-37(33)43)28-22-24-38-34(26-28)31-14-5-8-17-36(31)44(38)39-18-10-20-41-42(39)32-15-6-9-19-40(32)45-41/h1-26H/i4D,5D. The Kier molecular flexibility index (Phi) is 4.60. The Balaban J connectivity index is 1.22. The lowest BCUT2D eigenvalue weighted by atomic mass is 10.0. The molecule has 0 atom stereocenters. The van der Waals surface area contributed by atoms with Gasteiger partial charge < -0.3 is 13.6 Å². The van der Waals surface area contributed by atoms with Crippen molar-refractivity contribution in [2.24, 2.45) is 0 Å². The minimum Gasteiger partial charge on any atom is -0.456 e. The lowest BCUT2D eigenvalue weighted by molar-refractivity contribution is 0.669. The van der Waals surface area contributed by atoms with Crippen molar-refractivity contribution in [3.05, 3.63) is 158 Å². The summed E-state index contributed by atoms with van der Waals surface area (Å²) >= 11 is 0. The van der Waals surface area contributed by atoms with E-state index in [1.165, 1.54) is 0 Å². The molecule has 0 saturated heterocycles. The second kappa shape index (κ2) is 9.22. The Morgan fingerprint density at radius 3 is 1.76 bits per heavy atom. The third kappa shape index (κ3) is 3.46. The van der Waals surface area contributed by atoms with Crippen LogP contribution < -0.4 is 0 Å². The van der Waals surface area contributed by atoms with Crippen LogP contribution in [0.15, 0.2) is 162 Å². The van der Waals surface area contributed by atoms with Gasteiger partial charge in [0.2, 0.25) is 0 Å². The van der Waals surface area contributed by atoms with E-state index in [1.807, 2.05) is 60.7 Å². The van der Waals surface area contributed by atoms with Crippen molar-refractivity contribution in [3.63, 3.8) is 0 Å². The fourth-order valence-electron chi connectivity index (χ4n) is 7.24. The molecule has 0 unspecified atom stereocenters. The van der Waals surface area contributed by atoms with Gasteiger partial charge >= 0.3 is 0 Å². The molecule has 0 aliphatic carbocycles. The largest absolute Gasteiger partial charge is 0.456 e. The molecule has 10 rings (SSSR count). The second-order valence-electron chi connectivity index (χ2n) is 11.6. The third-order valence-corrected chi connectivity index (χ3v) is 9.19. The number of furan rings is 1. The molecule has 0 bridgehead atoms. The van der Waals surface area contributed by atoms with Crippen molar-refractivity contribution in [3.8, 4) is 22.5 Å². The molecule has 3 aromatic heterocycles. The highest BCUT2D eigenvalue weighted by atomic mass is 16.3. The van der Waals surface area contributed by atoms with Gasteiger partial charge in [-0.25, -0.2) is 0 Å². The fourth-order valence-corrected chi connectivity index (χ4v) is 7.24. The van der Waals surface area contributed by atoms with Crippen LogP contribution in [0.2, 0.25) is 0 Å². The predicted octanol–water partition coefficient (Wildman–Crippen LogP) is 11.4. The Hall–Kier alpha value is -6.06. The van der Waals surface area contributed by atoms with Gasteiger partial charge in [-0.2, -0.15) is 0 Å². The molecule has 0 saturated carbocycles. The Labute approximate surface area is 261 Å². The van der Waals surface area contributed by atoms with Crippen LogP contribution in [0.1, 0.15) is 2.74 Å². The Morgan fingerprint density at radius 2 is 1.02 bits per heavy atom. The van der Waals surface area contributed by atoms with Gasteiger partial charge in [0.05, 0.1) is 35.9 Å². The summed E-state index contributed by atoms with van der Waals surface area (Å²) in [6, 6.07) is 50.9. The van der Waals surface area contributed by atoms with E-state index in [1.54, 1.807) is 0 Å². The zero-order valence-corrected chi connectivity index (χ0v) is 24.2. The molecule has 10 aromatic rings. The highest BCUT2D eigenvalue weighted by Crippen LogP contribution is 2.40. The highest BCUT2D eigenvalue weighted by Gasteiger charge is 2.18. The zero-order chi connectivity index (χ0) is 31.2. The van der Waals surface area contributed by atoms with E-state index < -0.39 is 0 Å². The van der Waals surface area contributed by atoms with Crippen molar-refractivity contribution in [1.29, 1.82) is 0 Å². The van der Waals surface area contributed by atoms with Crippen molar-refractivity contribution >= 4 is 65.6 Å². The summed E-state index contributed by atoms with van der Waals surface area (Å²) in [5, 5.41) is 6.48. The number of para-hydroxylation sites is 4. The minimum atomic E-state index is 0.482. The number of fused-ring (bicyclic) bond motifs is 9. The first-order valence-corrected chi connectivity index (χ1v) is 15.2. The van der Waals surface area contributed by atoms with Crippen LogP contribution in [0.25, 0.3) is 88.1 Å². The van der Waals surface area contributed by atoms with E-state index in [-0.39, 0.29) is 0 Å². The average Bonchev–Trinajstić information content (AvgIpc) is 3.75. The molecule has 210 valence electrons. The van der Waals surface area contributed by atoms with E-state index in [2.05, 4.69) is 94.1 Å². The third-order valence-electron chi connectivity index (χ3n) is 9.19. The molecule has 0 fully saturated rings. The summed E-state index contributed by atoms with van der Waals surface area (Å²) in [6.07, 6.45) is 0. The maximum absolute atomic E-state index is 8.51. The molecular weight excluding hydrogens is 548 g/mol. The molecule has 45 heavy (non-hydrogen) atoms. The average molecular weight is 577 g/mol. The van der Waals surface area contributed by atoms with Gasteiger partial charge in [0, 0.05) is 32.6 Å². The molecule has 0 N–H and O–H groups in total. The quantitative estimate of drug-likeness (QED) is 0.205. The van der Waals surface area contributed by atoms with Crippen LogP contribution in [-0.2, 0) is 0 Å². The van der Waals surface area contributed by atoms with Crippen molar-refractivity contribution < 1.29 is 7.16 Å². The summed E-state index contributed by atoms with van der Waals surface area (Å²) < 4.78 is 27.8. The molecule has 3 nitrogen and oxygen atoms in total. The van der Waals surface area contributed by atoms with Crippen molar-refractivity contribution in [1.82, 2.24) is 9.13 Å². The SMILES string of the molecule is [2H]c1ccc2c(c1)c1cc(-c3ccc4c(c3)c3cc([2H])ccc3n4-c3cccc4oc5ccccc5c34)ccc1n2-c1ccccc1. The number of aromatic nitrogens is 2. The number of nitrogens with zero attached hydrogens (tertiary/aromatic N) is 2. The van der Waals surface area contributed by atoms with Gasteiger partial charge in [0.1, 0.15) is 11.2 Å². The van der Waals surface area contributed by atoms with E-state index >= 15 is 0 Å². The monoisotopic (exact) mass is 576 g/mol.